The van der Waals surface area contributed by atoms with Crippen molar-refractivity contribution < 1.29 is 24.2 Å². The first-order chi connectivity index (χ1) is 18.4. The minimum absolute atomic E-state index is 0.00270. The maximum atomic E-state index is 13.7. The zero-order valence-corrected chi connectivity index (χ0v) is 21.7. The lowest BCUT2D eigenvalue weighted by molar-refractivity contribution is -0.140. The molecule has 7 heteroatoms. The first-order valence-corrected chi connectivity index (χ1v) is 12.9. The van der Waals surface area contributed by atoms with Crippen LogP contribution in [0.2, 0.25) is 5.02 Å². The number of hydrogen-bond acceptors (Lipinski definition) is 6. The van der Waals surface area contributed by atoms with Crippen LogP contribution >= 0.6 is 11.6 Å². The molecule has 5 rings (SSSR count). The molecule has 194 valence electrons. The van der Waals surface area contributed by atoms with E-state index in [1.165, 1.54) is 0 Å². The van der Waals surface area contributed by atoms with E-state index in [1.54, 1.807) is 24.3 Å². The van der Waals surface area contributed by atoms with Crippen molar-refractivity contribution in [3.05, 3.63) is 118 Å². The van der Waals surface area contributed by atoms with Crippen LogP contribution in [-0.4, -0.2) is 30.1 Å². The lowest BCUT2D eigenvalue weighted by atomic mass is 9.72. The lowest BCUT2D eigenvalue weighted by Gasteiger charge is -2.36. The van der Waals surface area contributed by atoms with Gasteiger partial charge in [-0.25, -0.2) is 4.79 Å². The summed E-state index contributed by atoms with van der Waals surface area (Å²) in [6, 6.07) is 23.5. The number of ether oxygens (including phenoxy) is 2. The minimum atomic E-state index is -0.604. The minimum Gasteiger partial charge on any atom is -0.508 e. The fourth-order valence-electron chi connectivity index (χ4n) is 5.17. The monoisotopic (exact) mass is 529 g/mol. The highest BCUT2D eigenvalue weighted by atomic mass is 35.5. The number of hydrogen-bond donors (Lipinski definition) is 2. The molecule has 0 spiro atoms. The van der Waals surface area contributed by atoms with E-state index in [1.807, 2.05) is 61.5 Å². The van der Waals surface area contributed by atoms with Gasteiger partial charge >= 0.3 is 5.97 Å². The Kier molecular flexibility index (Phi) is 7.52. The van der Waals surface area contributed by atoms with Crippen molar-refractivity contribution in [2.24, 2.45) is 0 Å². The zero-order chi connectivity index (χ0) is 26.6. The summed E-state index contributed by atoms with van der Waals surface area (Å²) in [5, 5.41) is 13.9. The molecule has 1 heterocycles. The summed E-state index contributed by atoms with van der Waals surface area (Å²) < 4.78 is 11.3. The molecule has 6 nitrogen and oxygen atoms in total. The van der Waals surface area contributed by atoms with Crippen LogP contribution in [0.4, 0.5) is 0 Å². The number of carbonyl (C=O) groups is 2. The molecular formula is C31H28ClNO5. The highest BCUT2D eigenvalue weighted by molar-refractivity contribution is 6.30. The van der Waals surface area contributed by atoms with Gasteiger partial charge in [-0.3, -0.25) is 4.79 Å². The highest BCUT2D eigenvalue weighted by Crippen LogP contribution is 2.46. The van der Waals surface area contributed by atoms with Gasteiger partial charge in [-0.1, -0.05) is 54.1 Å². The van der Waals surface area contributed by atoms with E-state index < -0.39 is 11.9 Å². The van der Waals surface area contributed by atoms with Gasteiger partial charge in [-0.05, 0) is 66.8 Å². The Balaban J connectivity index is 1.41. The fraction of sp³-hybridized carbons (Fsp3) is 0.226. The lowest BCUT2D eigenvalue weighted by Crippen LogP contribution is -2.36. The van der Waals surface area contributed by atoms with Gasteiger partial charge in [0.05, 0.1) is 5.57 Å². The molecule has 0 saturated carbocycles. The Labute approximate surface area is 226 Å². The maximum absolute atomic E-state index is 13.7. The number of Topliss-reactive ketones (excluding diaryl/α,β-unsaturated/α-hetero) is 1. The highest BCUT2D eigenvalue weighted by Gasteiger charge is 2.41. The van der Waals surface area contributed by atoms with Crippen molar-refractivity contribution in [1.29, 1.82) is 0 Å². The van der Waals surface area contributed by atoms with E-state index in [-0.39, 0.29) is 30.7 Å². The van der Waals surface area contributed by atoms with Gasteiger partial charge in [0.25, 0.3) is 0 Å². The molecule has 2 aliphatic rings. The van der Waals surface area contributed by atoms with Gasteiger partial charge in [0, 0.05) is 34.3 Å². The third-order valence-electron chi connectivity index (χ3n) is 6.94. The van der Waals surface area contributed by atoms with Crippen LogP contribution < -0.4 is 10.1 Å². The number of phenolic OH excluding ortho intramolecular Hbond substituents is 1. The molecule has 0 saturated heterocycles. The Morgan fingerprint density at radius 3 is 2.34 bits per heavy atom. The first kappa shape index (κ1) is 25.6. The van der Waals surface area contributed by atoms with Crippen molar-refractivity contribution >= 4 is 23.4 Å². The van der Waals surface area contributed by atoms with Crippen LogP contribution in [0.3, 0.4) is 0 Å². The Bertz CT molecular complexity index is 1390. The first-order valence-electron chi connectivity index (χ1n) is 12.5. The number of allylic oxidation sites excluding steroid dienone is 3. The second kappa shape index (κ2) is 11.2. The number of nitrogens with one attached hydrogen (secondary N) is 1. The average Bonchev–Trinajstić information content (AvgIpc) is 2.91. The standard InChI is InChI=1S/C31H28ClNO5/c1-19-28(31(36)38-16-15-37-25-5-3-2-4-6-25)29(21-9-13-24(34)14-10-21)30-26(33-19)17-22(18-27(30)35)20-7-11-23(32)12-8-20/h2-14,22,29,33-34H,15-18H2,1H3/t22-,29-/m1/s1. The SMILES string of the molecule is CC1=C(C(=O)OCCOc2ccccc2)[C@@H](c2ccc(O)cc2)C2=C(C[C@@H](c3ccc(Cl)cc3)CC2=O)N1. The third kappa shape index (κ3) is 5.46. The van der Waals surface area contributed by atoms with Crippen LogP contribution in [0.5, 0.6) is 11.5 Å². The summed E-state index contributed by atoms with van der Waals surface area (Å²) in [6.45, 7) is 2.09. The summed E-state index contributed by atoms with van der Waals surface area (Å²) in [7, 11) is 0. The van der Waals surface area contributed by atoms with E-state index in [0.29, 0.717) is 40.5 Å². The van der Waals surface area contributed by atoms with E-state index in [4.69, 9.17) is 21.1 Å². The molecule has 0 bridgehead atoms. The Hall–Kier alpha value is -4.03. The molecule has 3 aromatic carbocycles. The number of benzene rings is 3. The average molecular weight is 530 g/mol. The normalized spacial score (nSPS) is 19.1. The van der Waals surface area contributed by atoms with E-state index in [9.17, 15) is 14.7 Å². The van der Waals surface area contributed by atoms with Crippen LogP contribution in [0.1, 0.15) is 42.7 Å². The molecule has 0 aromatic heterocycles. The van der Waals surface area contributed by atoms with Crippen LogP contribution in [0, 0.1) is 0 Å². The van der Waals surface area contributed by atoms with Crippen LogP contribution in [-0.2, 0) is 14.3 Å². The molecule has 1 aliphatic carbocycles. The molecule has 0 amide bonds. The van der Waals surface area contributed by atoms with Gasteiger partial charge in [-0.2, -0.15) is 0 Å². The summed E-state index contributed by atoms with van der Waals surface area (Å²) in [5.41, 5.74) is 4.18. The number of phenols is 1. The zero-order valence-electron chi connectivity index (χ0n) is 20.9. The number of rotatable bonds is 7. The van der Waals surface area contributed by atoms with Crippen LogP contribution in [0.25, 0.3) is 0 Å². The summed E-state index contributed by atoms with van der Waals surface area (Å²) >= 11 is 6.07. The van der Waals surface area contributed by atoms with Crippen molar-refractivity contribution in [1.82, 2.24) is 5.32 Å². The molecule has 1 aliphatic heterocycles. The van der Waals surface area contributed by atoms with Gasteiger partial charge in [0.1, 0.15) is 24.7 Å². The molecule has 2 N–H and O–H groups in total. The number of dihydropyridines is 1. The molecule has 2 atom stereocenters. The fourth-order valence-corrected chi connectivity index (χ4v) is 5.29. The topological polar surface area (TPSA) is 84.9 Å². The van der Waals surface area contributed by atoms with Crippen molar-refractivity contribution in [3.8, 4) is 11.5 Å². The summed E-state index contributed by atoms with van der Waals surface area (Å²) in [4.78, 5) is 27.1. The summed E-state index contributed by atoms with van der Waals surface area (Å²) in [5.74, 6) is -0.336. The quantitative estimate of drug-likeness (QED) is 0.287. The second-order valence-corrected chi connectivity index (χ2v) is 9.89. The molecule has 38 heavy (non-hydrogen) atoms. The van der Waals surface area contributed by atoms with Gasteiger partial charge in [0.15, 0.2) is 5.78 Å². The molecule has 3 aromatic rings. The number of aromatic hydroxyl groups is 1. The van der Waals surface area contributed by atoms with Crippen molar-refractivity contribution in [3.63, 3.8) is 0 Å². The molecule has 0 radical (unpaired) electrons. The second-order valence-electron chi connectivity index (χ2n) is 9.46. The van der Waals surface area contributed by atoms with Crippen molar-refractivity contribution in [2.45, 2.75) is 31.6 Å². The maximum Gasteiger partial charge on any atom is 0.336 e. The van der Waals surface area contributed by atoms with Gasteiger partial charge in [0.2, 0.25) is 0 Å². The van der Waals surface area contributed by atoms with E-state index in [0.717, 1.165) is 16.8 Å². The number of carbonyl (C=O) groups excluding carboxylic acids is 2. The molecular weight excluding hydrogens is 502 g/mol. The predicted octanol–water partition coefficient (Wildman–Crippen LogP) is 6.03. The molecule has 0 fully saturated rings. The van der Waals surface area contributed by atoms with Gasteiger partial charge in [-0.15, -0.1) is 0 Å². The van der Waals surface area contributed by atoms with Crippen LogP contribution in [0.15, 0.2) is 101 Å². The summed E-state index contributed by atoms with van der Waals surface area (Å²) in [6.07, 6.45) is 0.949. The molecule has 0 unspecified atom stereocenters. The van der Waals surface area contributed by atoms with E-state index in [2.05, 4.69) is 5.32 Å². The Morgan fingerprint density at radius 1 is 0.947 bits per heavy atom. The largest absolute Gasteiger partial charge is 0.508 e. The third-order valence-corrected chi connectivity index (χ3v) is 7.20. The number of ketones is 1. The number of halogens is 1. The van der Waals surface area contributed by atoms with E-state index >= 15 is 0 Å². The number of para-hydroxylation sites is 1. The van der Waals surface area contributed by atoms with Gasteiger partial charge < -0.3 is 19.9 Å². The number of esters is 1. The smallest absolute Gasteiger partial charge is 0.336 e. The predicted molar refractivity (Wildman–Crippen MR) is 145 cm³/mol. The van der Waals surface area contributed by atoms with Crippen molar-refractivity contribution in [2.75, 3.05) is 13.2 Å². The Morgan fingerprint density at radius 2 is 1.63 bits per heavy atom.